The number of ether oxygens (including phenoxy) is 3. The van der Waals surface area contributed by atoms with Crippen molar-refractivity contribution in [3.63, 3.8) is 0 Å². The number of aliphatic carboxylic acids is 1. The summed E-state index contributed by atoms with van der Waals surface area (Å²) in [4.78, 5) is 51.5. The van der Waals surface area contributed by atoms with E-state index in [4.69, 9.17) is 19.3 Å². The van der Waals surface area contributed by atoms with Gasteiger partial charge in [-0.05, 0) is 56.5 Å². The Balaban J connectivity index is 1.41. The standard InChI is InChI=1S/C29H32F3N3O8S/c1-29(2,3)43-28(40)34-17(9-16-10-19(31)20(32)12-18(16)30)11-24(36)35-6-7-44-26(35)25(37)33-13-15-4-5-21-22(8-15)41-14-23(42-21)27(38)39/h4-5,8,10,12,17,23,26H,6-7,9,11,13-14H2,1-3H3,(H,33,37)(H,34,40)(H,38,39)/t17-,23?,26?/m1/s1. The Hall–Kier alpha value is -4.14. The molecule has 0 saturated carbocycles. The van der Waals surface area contributed by atoms with Gasteiger partial charge < -0.3 is 34.9 Å². The molecule has 2 aromatic carbocycles. The summed E-state index contributed by atoms with van der Waals surface area (Å²) in [5, 5.41) is 13.5. The maximum absolute atomic E-state index is 14.4. The van der Waals surface area contributed by atoms with Crippen LogP contribution in [0.2, 0.25) is 0 Å². The maximum atomic E-state index is 14.4. The monoisotopic (exact) mass is 639 g/mol. The van der Waals surface area contributed by atoms with Crippen LogP contribution < -0.4 is 20.1 Å². The summed E-state index contributed by atoms with van der Waals surface area (Å²) in [6, 6.07) is 4.79. The number of carboxylic acid groups (broad SMARTS) is 1. The van der Waals surface area contributed by atoms with Crippen molar-refractivity contribution in [3.05, 3.63) is 58.9 Å². The minimum absolute atomic E-state index is 0.0785. The number of hydrogen-bond donors (Lipinski definition) is 3. The van der Waals surface area contributed by atoms with Crippen molar-refractivity contribution in [1.29, 1.82) is 0 Å². The lowest BCUT2D eigenvalue weighted by atomic mass is 10.0. The molecule has 2 aromatic rings. The smallest absolute Gasteiger partial charge is 0.407 e. The summed E-state index contributed by atoms with van der Waals surface area (Å²) >= 11 is 1.24. The second-order valence-electron chi connectivity index (χ2n) is 11.2. The van der Waals surface area contributed by atoms with Crippen LogP contribution in [-0.4, -0.2) is 75.9 Å². The lowest BCUT2D eigenvalue weighted by Gasteiger charge is -2.27. The van der Waals surface area contributed by atoms with Crippen molar-refractivity contribution in [2.24, 2.45) is 0 Å². The van der Waals surface area contributed by atoms with Gasteiger partial charge in [-0.1, -0.05) is 6.07 Å². The van der Waals surface area contributed by atoms with Crippen LogP contribution in [0.1, 0.15) is 38.3 Å². The lowest BCUT2D eigenvalue weighted by molar-refractivity contribution is -0.147. The molecule has 44 heavy (non-hydrogen) atoms. The second-order valence-corrected chi connectivity index (χ2v) is 12.4. The fourth-order valence-corrected chi connectivity index (χ4v) is 5.69. The largest absolute Gasteiger partial charge is 0.485 e. The molecule has 11 nitrogen and oxygen atoms in total. The molecule has 0 aliphatic carbocycles. The zero-order chi connectivity index (χ0) is 32.2. The first-order chi connectivity index (χ1) is 20.7. The first-order valence-corrected chi connectivity index (χ1v) is 14.7. The Morgan fingerprint density at radius 1 is 1.09 bits per heavy atom. The molecule has 3 N–H and O–H groups in total. The highest BCUT2D eigenvalue weighted by atomic mass is 32.2. The fraction of sp³-hybridized carbons (Fsp3) is 0.448. The molecular weight excluding hydrogens is 607 g/mol. The number of carbonyl (C=O) groups excluding carboxylic acids is 3. The molecule has 1 saturated heterocycles. The molecular formula is C29H32F3N3O8S. The van der Waals surface area contributed by atoms with E-state index in [2.05, 4.69) is 10.6 Å². The van der Waals surface area contributed by atoms with Gasteiger partial charge in [0.1, 0.15) is 18.0 Å². The van der Waals surface area contributed by atoms with Crippen LogP contribution in [-0.2, 0) is 32.1 Å². The molecule has 238 valence electrons. The second kappa shape index (κ2) is 13.7. The highest BCUT2D eigenvalue weighted by molar-refractivity contribution is 8.00. The number of thioether (sulfide) groups is 1. The molecule has 0 spiro atoms. The van der Waals surface area contributed by atoms with E-state index in [1.807, 2.05) is 0 Å². The third-order valence-electron chi connectivity index (χ3n) is 6.54. The summed E-state index contributed by atoms with van der Waals surface area (Å²) in [6.45, 7) is 5.04. The van der Waals surface area contributed by atoms with Crippen LogP contribution in [0.15, 0.2) is 30.3 Å². The minimum Gasteiger partial charge on any atom is -0.485 e. The normalized spacial score (nSPS) is 18.4. The van der Waals surface area contributed by atoms with E-state index in [-0.39, 0.29) is 43.9 Å². The molecule has 0 aromatic heterocycles. The number of fused-ring (bicyclic) bond motifs is 1. The van der Waals surface area contributed by atoms with Gasteiger partial charge in [-0.15, -0.1) is 11.8 Å². The molecule has 2 heterocycles. The van der Waals surface area contributed by atoms with Crippen molar-refractivity contribution >= 4 is 35.6 Å². The fourth-order valence-electron chi connectivity index (χ4n) is 4.53. The highest BCUT2D eigenvalue weighted by Gasteiger charge is 2.36. The van der Waals surface area contributed by atoms with E-state index in [0.29, 0.717) is 29.2 Å². The van der Waals surface area contributed by atoms with E-state index >= 15 is 0 Å². The SMILES string of the molecule is CC(C)(C)OC(=O)N[C@@H](CC(=O)N1CCSC1C(=O)NCc1ccc2c(c1)OCC(C(=O)O)O2)Cc1cc(F)c(F)cc1F. The maximum Gasteiger partial charge on any atom is 0.407 e. The predicted octanol–water partition coefficient (Wildman–Crippen LogP) is 3.37. The average Bonchev–Trinajstić information content (AvgIpc) is 3.43. The molecule has 3 atom stereocenters. The summed E-state index contributed by atoms with van der Waals surface area (Å²) in [5.74, 6) is -4.76. The number of nitrogens with zero attached hydrogens (tertiary/aromatic N) is 1. The van der Waals surface area contributed by atoms with E-state index in [9.17, 15) is 32.3 Å². The van der Waals surface area contributed by atoms with Gasteiger partial charge in [0.25, 0.3) is 5.91 Å². The molecule has 1 fully saturated rings. The Labute approximate surface area is 255 Å². The summed E-state index contributed by atoms with van der Waals surface area (Å²) in [7, 11) is 0. The molecule has 0 radical (unpaired) electrons. The van der Waals surface area contributed by atoms with Crippen molar-refractivity contribution in [2.75, 3.05) is 18.9 Å². The number of nitrogens with one attached hydrogen (secondary N) is 2. The summed E-state index contributed by atoms with van der Waals surface area (Å²) in [5.41, 5.74) is -0.482. The van der Waals surface area contributed by atoms with Crippen LogP contribution >= 0.6 is 11.8 Å². The number of alkyl carbamates (subject to hydrolysis) is 1. The number of amides is 3. The van der Waals surface area contributed by atoms with Gasteiger partial charge in [-0.3, -0.25) is 9.59 Å². The molecule has 4 rings (SSSR count). The zero-order valence-electron chi connectivity index (χ0n) is 24.2. The van der Waals surface area contributed by atoms with Crippen LogP contribution in [0.25, 0.3) is 0 Å². The topological polar surface area (TPSA) is 144 Å². The van der Waals surface area contributed by atoms with E-state index in [1.54, 1.807) is 39.0 Å². The third kappa shape index (κ3) is 8.49. The van der Waals surface area contributed by atoms with Crippen LogP contribution in [0.5, 0.6) is 11.5 Å². The van der Waals surface area contributed by atoms with E-state index in [0.717, 1.165) is 0 Å². The highest BCUT2D eigenvalue weighted by Crippen LogP contribution is 2.33. The summed E-state index contributed by atoms with van der Waals surface area (Å²) < 4.78 is 57.9. The van der Waals surface area contributed by atoms with Gasteiger partial charge in [0.15, 0.2) is 28.5 Å². The Morgan fingerprint density at radius 3 is 2.52 bits per heavy atom. The first kappa shape index (κ1) is 32.8. The number of halogens is 3. The Morgan fingerprint density at radius 2 is 1.82 bits per heavy atom. The predicted molar refractivity (Wildman–Crippen MR) is 152 cm³/mol. The quantitative estimate of drug-likeness (QED) is 0.352. The molecule has 2 aliphatic rings. The zero-order valence-corrected chi connectivity index (χ0v) is 25.0. The molecule has 15 heteroatoms. The summed E-state index contributed by atoms with van der Waals surface area (Å²) in [6.07, 6.45) is -2.72. The number of carboxylic acids is 1. The molecule has 3 amide bonds. The van der Waals surface area contributed by atoms with Gasteiger partial charge in [-0.25, -0.2) is 22.8 Å². The molecule has 2 unspecified atom stereocenters. The van der Waals surface area contributed by atoms with Crippen molar-refractivity contribution in [2.45, 2.75) is 63.3 Å². The van der Waals surface area contributed by atoms with Crippen molar-refractivity contribution < 1.29 is 51.7 Å². The Kier molecular flexibility index (Phi) is 10.2. The lowest BCUT2D eigenvalue weighted by Crippen LogP contribution is -2.48. The van der Waals surface area contributed by atoms with Crippen molar-refractivity contribution in [1.82, 2.24) is 15.5 Å². The van der Waals surface area contributed by atoms with Crippen LogP contribution in [0.4, 0.5) is 18.0 Å². The number of carbonyl (C=O) groups is 4. The molecule has 0 bridgehead atoms. The average molecular weight is 640 g/mol. The van der Waals surface area contributed by atoms with E-state index < -0.39 is 64.4 Å². The number of benzene rings is 2. The third-order valence-corrected chi connectivity index (χ3v) is 7.75. The van der Waals surface area contributed by atoms with Gasteiger partial charge >= 0.3 is 12.1 Å². The first-order valence-electron chi connectivity index (χ1n) is 13.7. The van der Waals surface area contributed by atoms with Gasteiger partial charge in [0, 0.05) is 37.4 Å². The number of rotatable bonds is 9. The van der Waals surface area contributed by atoms with Gasteiger partial charge in [0.2, 0.25) is 12.0 Å². The van der Waals surface area contributed by atoms with Gasteiger partial charge in [0.05, 0.1) is 0 Å². The van der Waals surface area contributed by atoms with E-state index in [1.165, 1.54) is 16.7 Å². The number of hydrogen-bond acceptors (Lipinski definition) is 8. The van der Waals surface area contributed by atoms with Crippen molar-refractivity contribution in [3.8, 4) is 11.5 Å². The molecule has 2 aliphatic heterocycles. The van der Waals surface area contributed by atoms with Crippen LogP contribution in [0, 0.1) is 17.5 Å². The minimum atomic E-state index is -1.37. The van der Waals surface area contributed by atoms with Crippen LogP contribution in [0.3, 0.4) is 0 Å². The van der Waals surface area contributed by atoms with Gasteiger partial charge in [-0.2, -0.15) is 0 Å². The Bertz CT molecular complexity index is 1440.